The Balaban J connectivity index is 4.83. The van der Waals surface area contributed by atoms with Crippen LogP contribution in [0.4, 0.5) is 0 Å². The van der Waals surface area contributed by atoms with E-state index in [2.05, 4.69) is 50.5 Å². The molecule has 2 heteroatoms. The number of hydrogen-bond acceptors (Lipinski definition) is 2. The minimum absolute atomic E-state index is 1.21. The molecule has 0 amide bonds. The summed E-state index contributed by atoms with van der Waals surface area (Å²) >= 11 is 0. The maximum atomic E-state index is 2.64. The van der Waals surface area contributed by atoms with Gasteiger partial charge in [0, 0.05) is 26.2 Å². The van der Waals surface area contributed by atoms with Crippen LogP contribution in [0.15, 0.2) is 11.9 Å². The van der Waals surface area contributed by atoms with E-state index in [9.17, 15) is 0 Å². The third-order valence-corrected chi connectivity index (χ3v) is 4.03. The van der Waals surface area contributed by atoms with Crippen LogP contribution in [0.2, 0.25) is 0 Å². The van der Waals surface area contributed by atoms with Gasteiger partial charge in [-0.1, -0.05) is 53.4 Å². The van der Waals surface area contributed by atoms with Crippen LogP contribution in [0.3, 0.4) is 0 Å². The first-order valence-corrected chi connectivity index (χ1v) is 9.41. The van der Waals surface area contributed by atoms with Gasteiger partial charge in [-0.3, -0.25) is 0 Å². The Labute approximate surface area is 134 Å². The standard InChI is InChI=1S/C19H40N2/c1-6-11-15-20(16-12-7-2)19(10-5)21(17-13-8-3)18-14-9-4/h10H,6-9,11-18H2,1-5H3. The lowest BCUT2D eigenvalue weighted by molar-refractivity contribution is 0.199. The van der Waals surface area contributed by atoms with Gasteiger partial charge in [-0.15, -0.1) is 0 Å². The maximum absolute atomic E-state index is 2.64. The molecule has 126 valence electrons. The minimum Gasteiger partial charge on any atom is -0.359 e. The van der Waals surface area contributed by atoms with E-state index in [4.69, 9.17) is 0 Å². The molecule has 0 saturated carbocycles. The van der Waals surface area contributed by atoms with Crippen LogP contribution in [0, 0.1) is 0 Å². The first-order chi connectivity index (χ1) is 10.2. The lowest BCUT2D eigenvalue weighted by atomic mass is 10.2. The molecular weight excluding hydrogens is 256 g/mol. The number of hydrogen-bond donors (Lipinski definition) is 0. The highest BCUT2D eigenvalue weighted by Gasteiger charge is 2.15. The van der Waals surface area contributed by atoms with Crippen LogP contribution in [0.5, 0.6) is 0 Å². The van der Waals surface area contributed by atoms with Crippen LogP contribution in [-0.2, 0) is 0 Å². The Morgan fingerprint density at radius 3 is 1.10 bits per heavy atom. The zero-order chi connectivity index (χ0) is 15.9. The average Bonchev–Trinajstić information content (AvgIpc) is 2.51. The minimum atomic E-state index is 1.21. The van der Waals surface area contributed by atoms with Crippen molar-refractivity contribution in [3.05, 3.63) is 11.9 Å². The number of allylic oxidation sites excluding steroid dienone is 1. The van der Waals surface area contributed by atoms with Crippen molar-refractivity contribution in [2.45, 2.75) is 86.0 Å². The first-order valence-electron chi connectivity index (χ1n) is 9.41. The zero-order valence-electron chi connectivity index (χ0n) is 15.5. The molecule has 21 heavy (non-hydrogen) atoms. The molecule has 0 aromatic heterocycles. The highest BCUT2D eigenvalue weighted by atomic mass is 15.3. The van der Waals surface area contributed by atoms with Crippen molar-refractivity contribution in [3.63, 3.8) is 0 Å². The lowest BCUT2D eigenvalue weighted by Crippen LogP contribution is -2.38. The molecule has 0 N–H and O–H groups in total. The summed E-state index contributed by atoms with van der Waals surface area (Å²) in [5.41, 5.74) is 0. The maximum Gasteiger partial charge on any atom is 0.0995 e. The van der Waals surface area contributed by atoms with Gasteiger partial charge in [-0.25, -0.2) is 0 Å². The van der Waals surface area contributed by atoms with Gasteiger partial charge < -0.3 is 9.80 Å². The van der Waals surface area contributed by atoms with Gasteiger partial charge in [0.05, 0.1) is 5.82 Å². The summed E-state index contributed by atoms with van der Waals surface area (Å²) in [7, 11) is 0. The second-order valence-electron chi connectivity index (χ2n) is 6.04. The summed E-state index contributed by atoms with van der Waals surface area (Å²) in [5.74, 6) is 1.49. The summed E-state index contributed by atoms with van der Waals surface area (Å²) in [6, 6.07) is 0. The number of nitrogens with zero attached hydrogens (tertiary/aromatic N) is 2. The fourth-order valence-electron chi connectivity index (χ4n) is 2.64. The Bertz CT molecular complexity index is 210. The lowest BCUT2D eigenvalue weighted by Gasteiger charge is -2.36. The predicted molar refractivity (Wildman–Crippen MR) is 96.5 cm³/mol. The third-order valence-electron chi connectivity index (χ3n) is 4.03. The molecule has 0 aliphatic carbocycles. The van der Waals surface area contributed by atoms with E-state index >= 15 is 0 Å². The molecule has 0 spiro atoms. The predicted octanol–water partition coefficient (Wildman–Crippen LogP) is 5.65. The van der Waals surface area contributed by atoms with Crippen molar-refractivity contribution in [1.82, 2.24) is 9.80 Å². The van der Waals surface area contributed by atoms with Gasteiger partial charge in [0.2, 0.25) is 0 Å². The van der Waals surface area contributed by atoms with Crippen molar-refractivity contribution >= 4 is 0 Å². The van der Waals surface area contributed by atoms with Crippen LogP contribution in [-0.4, -0.2) is 36.0 Å². The van der Waals surface area contributed by atoms with E-state index < -0.39 is 0 Å². The summed E-state index contributed by atoms with van der Waals surface area (Å²) < 4.78 is 0. The second-order valence-corrected chi connectivity index (χ2v) is 6.04. The molecular formula is C19H40N2. The van der Waals surface area contributed by atoms with Gasteiger partial charge in [0.1, 0.15) is 0 Å². The number of unbranched alkanes of at least 4 members (excludes halogenated alkanes) is 4. The van der Waals surface area contributed by atoms with Crippen molar-refractivity contribution in [3.8, 4) is 0 Å². The quantitative estimate of drug-likeness (QED) is 0.408. The molecule has 0 fully saturated rings. The molecule has 0 unspecified atom stereocenters. The van der Waals surface area contributed by atoms with E-state index in [1.165, 1.54) is 83.4 Å². The molecule has 0 aromatic carbocycles. The average molecular weight is 297 g/mol. The Morgan fingerprint density at radius 1 is 0.619 bits per heavy atom. The summed E-state index contributed by atoms with van der Waals surface area (Å²) in [4.78, 5) is 5.27. The molecule has 2 nitrogen and oxygen atoms in total. The van der Waals surface area contributed by atoms with E-state index in [-0.39, 0.29) is 0 Å². The van der Waals surface area contributed by atoms with Crippen LogP contribution in [0.1, 0.15) is 86.0 Å². The summed E-state index contributed by atoms with van der Waals surface area (Å²) in [6.07, 6.45) is 12.7. The zero-order valence-corrected chi connectivity index (χ0v) is 15.5. The van der Waals surface area contributed by atoms with Gasteiger partial charge in [-0.05, 0) is 38.7 Å². The van der Waals surface area contributed by atoms with Crippen molar-refractivity contribution in [2.75, 3.05) is 26.2 Å². The molecule has 0 radical (unpaired) electrons. The van der Waals surface area contributed by atoms with Crippen LogP contribution >= 0.6 is 0 Å². The smallest absolute Gasteiger partial charge is 0.0995 e. The van der Waals surface area contributed by atoms with E-state index in [1.54, 1.807) is 0 Å². The fraction of sp³-hybridized carbons (Fsp3) is 0.895. The van der Waals surface area contributed by atoms with Gasteiger partial charge >= 0.3 is 0 Å². The fourth-order valence-corrected chi connectivity index (χ4v) is 2.64. The topological polar surface area (TPSA) is 6.48 Å². The highest BCUT2D eigenvalue weighted by Crippen LogP contribution is 2.16. The molecule has 0 heterocycles. The van der Waals surface area contributed by atoms with E-state index in [0.29, 0.717) is 0 Å². The van der Waals surface area contributed by atoms with Crippen LogP contribution in [0.25, 0.3) is 0 Å². The van der Waals surface area contributed by atoms with Crippen molar-refractivity contribution in [1.29, 1.82) is 0 Å². The molecule has 0 aromatic rings. The normalized spacial score (nSPS) is 10.5. The number of rotatable bonds is 14. The third kappa shape index (κ3) is 9.06. The van der Waals surface area contributed by atoms with Gasteiger partial charge in [0.15, 0.2) is 0 Å². The van der Waals surface area contributed by atoms with Gasteiger partial charge in [0.25, 0.3) is 0 Å². The molecule has 0 aliphatic rings. The molecule has 0 bridgehead atoms. The van der Waals surface area contributed by atoms with Crippen molar-refractivity contribution < 1.29 is 0 Å². The molecule has 0 atom stereocenters. The molecule has 0 saturated heterocycles. The summed E-state index contributed by atoms with van der Waals surface area (Å²) in [6.45, 7) is 16.2. The molecule has 0 rings (SSSR count). The molecule has 0 aliphatic heterocycles. The van der Waals surface area contributed by atoms with E-state index in [1.807, 2.05) is 0 Å². The summed E-state index contributed by atoms with van der Waals surface area (Å²) in [5, 5.41) is 0. The first kappa shape index (κ1) is 20.3. The SMILES string of the molecule is CC=C(N(CCCC)CCCC)N(CCCC)CCCC. The second kappa shape index (κ2) is 14.3. The highest BCUT2D eigenvalue weighted by molar-refractivity contribution is 4.99. The van der Waals surface area contributed by atoms with E-state index in [0.717, 1.165) is 0 Å². The Morgan fingerprint density at radius 2 is 0.905 bits per heavy atom. The largest absolute Gasteiger partial charge is 0.359 e. The Kier molecular flexibility index (Phi) is 13.8. The monoisotopic (exact) mass is 296 g/mol. The Hall–Kier alpha value is -0.660. The van der Waals surface area contributed by atoms with Crippen molar-refractivity contribution in [2.24, 2.45) is 0 Å². The van der Waals surface area contributed by atoms with Gasteiger partial charge in [-0.2, -0.15) is 0 Å². The van der Waals surface area contributed by atoms with Crippen LogP contribution < -0.4 is 0 Å².